The van der Waals surface area contributed by atoms with Gasteiger partial charge in [-0.2, -0.15) is 5.26 Å². The molecule has 0 unspecified atom stereocenters. The third-order valence-corrected chi connectivity index (χ3v) is 1.22. The van der Waals surface area contributed by atoms with E-state index < -0.39 is 0 Å². The Kier molecular flexibility index (Phi) is 4.55. The van der Waals surface area contributed by atoms with Crippen LogP contribution in [0.25, 0.3) is 0 Å². The summed E-state index contributed by atoms with van der Waals surface area (Å²) in [7, 11) is 0. The molecule has 0 fully saturated rings. The van der Waals surface area contributed by atoms with E-state index in [1.165, 1.54) is 18.2 Å². The maximum Gasteiger partial charge on any atom is 1.00 e. The zero-order valence-electron chi connectivity index (χ0n) is 5.97. The molecule has 0 aliphatic carbocycles. The van der Waals surface area contributed by atoms with Gasteiger partial charge in [0.2, 0.25) is 0 Å². The van der Waals surface area contributed by atoms with Crippen molar-refractivity contribution in [3.63, 3.8) is 0 Å². The van der Waals surface area contributed by atoms with Crippen molar-refractivity contribution in [3.8, 4) is 11.8 Å². The maximum atomic E-state index is 10.6. The molecular formula is C7H3ClNNaO. The third-order valence-electron chi connectivity index (χ3n) is 1.00. The summed E-state index contributed by atoms with van der Waals surface area (Å²) in [4.78, 5) is 0. The molecule has 0 amide bonds. The van der Waals surface area contributed by atoms with Crippen molar-refractivity contribution in [1.29, 1.82) is 5.26 Å². The summed E-state index contributed by atoms with van der Waals surface area (Å²) in [6.45, 7) is 0. The molecule has 0 atom stereocenters. The molecule has 1 aromatic carbocycles. The van der Waals surface area contributed by atoms with Crippen molar-refractivity contribution in [2.75, 3.05) is 0 Å². The predicted octanol–water partition coefficient (Wildman–Crippen LogP) is -1.71. The summed E-state index contributed by atoms with van der Waals surface area (Å²) in [6.07, 6.45) is 0. The van der Waals surface area contributed by atoms with E-state index in [1.54, 1.807) is 0 Å². The zero-order valence-corrected chi connectivity index (χ0v) is 8.72. The van der Waals surface area contributed by atoms with Crippen molar-refractivity contribution < 1.29 is 34.7 Å². The Morgan fingerprint density at radius 3 is 2.45 bits per heavy atom. The van der Waals surface area contributed by atoms with E-state index in [2.05, 4.69) is 0 Å². The molecule has 0 aliphatic rings. The number of benzene rings is 1. The van der Waals surface area contributed by atoms with Crippen LogP contribution in [0.15, 0.2) is 18.2 Å². The fourth-order valence-electron chi connectivity index (χ4n) is 0.627. The normalized spacial score (nSPS) is 8.00. The van der Waals surface area contributed by atoms with Crippen LogP contribution in [-0.4, -0.2) is 0 Å². The van der Waals surface area contributed by atoms with Gasteiger partial charge in [-0.3, -0.25) is 0 Å². The van der Waals surface area contributed by atoms with Crippen molar-refractivity contribution in [3.05, 3.63) is 28.8 Å². The summed E-state index contributed by atoms with van der Waals surface area (Å²) >= 11 is 5.48. The van der Waals surface area contributed by atoms with E-state index >= 15 is 0 Å². The van der Waals surface area contributed by atoms with Gasteiger partial charge in [-0.1, -0.05) is 23.7 Å². The first-order valence-corrected chi connectivity index (χ1v) is 2.98. The molecular weight excluding hydrogens is 173 g/mol. The van der Waals surface area contributed by atoms with Crippen LogP contribution in [0.2, 0.25) is 5.02 Å². The summed E-state index contributed by atoms with van der Waals surface area (Å²) in [5.41, 5.74) is 0.303. The van der Waals surface area contributed by atoms with E-state index in [1.807, 2.05) is 6.07 Å². The predicted molar refractivity (Wildman–Crippen MR) is 35.6 cm³/mol. The molecule has 0 saturated heterocycles. The number of nitrogens with zero attached hydrogens (tertiary/aromatic N) is 1. The smallest absolute Gasteiger partial charge is 0.872 e. The van der Waals surface area contributed by atoms with Gasteiger partial charge in [-0.05, 0) is 6.07 Å². The van der Waals surface area contributed by atoms with Gasteiger partial charge < -0.3 is 5.11 Å². The Bertz CT molecular complexity index is 275. The summed E-state index contributed by atoms with van der Waals surface area (Å²) in [5, 5.41) is 19.3. The van der Waals surface area contributed by atoms with Crippen LogP contribution >= 0.6 is 11.6 Å². The molecule has 0 aliphatic heterocycles. The summed E-state index contributed by atoms with van der Waals surface area (Å²) in [6, 6.07) is 5.78. The van der Waals surface area contributed by atoms with Crippen LogP contribution < -0.4 is 34.7 Å². The third kappa shape index (κ3) is 3.13. The average Bonchev–Trinajstić information content (AvgIpc) is 1.85. The topological polar surface area (TPSA) is 46.8 Å². The molecule has 1 rings (SSSR count). The van der Waals surface area contributed by atoms with E-state index in [0.29, 0.717) is 10.6 Å². The van der Waals surface area contributed by atoms with E-state index in [4.69, 9.17) is 16.9 Å². The van der Waals surface area contributed by atoms with Gasteiger partial charge in [0.05, 0.1) is 11.6 Å². The Morgan fingerprint density at radius 1 is 1.36 bits per heavy atom. The first-order valence-electron chi connectivity index (χ1n) is 2.60. The summed E-state index contributed by atoms with van der Waals surface area (Å²) < 4.78 is 0. The van der Waals surface area contributed by atoms with Crippen LogP contribution in [0.5, 0.6) is 5.75 Å². The van der Waals surface area contributed by atoms with Crippen LogP contribution in [0, 0.1) is 11.3 Å². The number of rotatable bonds is 0. The quantitative estimate of drug-likeness (QED) is 0.441. The van der Waals surface area contributed by atoms with Gasteiger partial charge >= 0.3 is 29.6 Å². The molecule has 0 bridgehead atoms. The van der Waals surface area contributed by atoms with Crippen molar-refractivity contribution in [1.82, 2.24) is 0 Å². The molecule has 0 spiro atoms. The molecule has 0 aromatic heterocycles. The maximum absolute atomic E-state index is 10.6. The number of hydrogen-bond acceptors (Lipinski definition) is 2. The second-order valence-corrected chi connectivity index (χ2v) is 2.22. The van der Waals surface area contributed by atoms with E-state index in [-0.39, 0.29) is 35.3 Å². The zero-order chi connectivity index (χ0) is 7.56. The monoisotopic (exact) mass is 175 g/mol. The first kappa shape index (κ1) is 10.8. The van der Waals surface area contributed by atoms with Crippen LogP contribution in [0.3, 0.4) is 0 Å². The second-order valence-electron chi connectivity index (χ2n) is 1.79. The van der Waals surface area contributed by atoms with Gasteiger partial charge in [0.25, 0.3) is 0 Å². The number of nitriles is 1. The molecule has 11 heavy (non-hydrogen) atoms. The fourth-order valence-corrected chi connectivity index (χ4v) is 0.852. The molecule has 0 heterocycles. The minimum Gasteiger partial charge on any atom is -0.872 e. The number of halogens is 1. The Labute approximate surface area is 91.7 Å². The molecule has 2 nitrogen and oxygen atoms in total. The fraction of sp³-hybridized carbons (Fsp3) is 0. The van der Waals surface area contributed by atoms with Gasteiger partial charge in [0.1, 0.15) is 0 Å². The largest absolute Gasteiger partial charge is 1.00 e. The summed E-state index contributed by atoms with van der Waals surface area (Å²) in [5.74, 6) is -0.232. The van der Waals surface area contributed by atoms with Crippen molar-refractivity contribution in [2.24, 2.45) is 0 Å². The first-order chi connectivity index (χ1) is 4.72. The standard InChI is InChI=1S/C7H4ClNO.Na/c8-6-1-5(4-9)2-7(10)3-6;/h1-3,10H;/q;+1/p-1. The van der Waals surface area contributed by atoms with Crippen molar-refractivity contribution in [2.45, 2.75) is 0 Å². The molecule has 0 saturated carbocycles. The number of hydrogen-bond donors (Lipinski definition) is 0. The van der Waals surface area contributed by atoms with Gasteiger partial charge in [0, 0.05) is 5.02 Å². The molecule has 0 radical (unpaired) electrons. The SMILES string of the molecule is N#Cc1cc([O-])cc(Cl)c1.[Na+]. The second kappa shape index (κ2) is 4.63. The molecule has 50 valence electrons. The Balaban J connectivity index is 0.000001000. The van der Waals surface area contributed by atoms with Gasteiger partial charge in [-0.25, -0.2) is 0 Å². The van der Waals surface area contributed by atoms with Gasteiger partial charge in [0.15, 0.2) is 0 Å². The van der Waals surface area contributed by atoms with Crippen LogP contribution in [0.1, 0.15) is 5.56 Å². The molecule has 1 aromatic rings. The minimum absolute atomic E-state index is 0. The van der Waals surface area contributed by atoms with Crippen LogP contribution in [0.4, 0.5) is 0 Å². The molecule has 0 N–H and O–H groups in total. The minimum atomic E-state index is -0.232. The Hall–Kier alpha value is -0.200. The van der Waals surface area contributed by atoms with E-state index in [0.717, 1.165) is 0 Å². The van der Waals surface area contributed by atoms with Gasteiger partial charge in [-0.15, -0.1) is 5.75 Å². The average molecular weight is 176 g/mol. The van der Waals surface area contributed by atoms with Crippen LogP contribution in [-0.2, 0) is 0 Å². The molecule has 4 heteroatoms. The van der Waals surface area contributed by atoms with E-state index in [9.17, 15) is 5.11 Å². The van der Waals surface area contributed by atoms with Crippen molar-refractivity contribution >= 4 is 11.6 Å². The Morgan fingerprint density at radius 2 is 2.00 bits per heavy atom.